The van der Waals surface area contributed by atoms with Crippen molar-refractivity contribution in [3.05, 3.63) is 71.8 Å². The molecule has 0 bridgehead atoms. The van der Waals surface area contributed by atoms with Gasteiger partial charge in [0.1, 0.15) is 6.10 Å². The Bertz CT molecular complexity index is 480. The zero-order chi connectivity index (χ0) is 14.1. The molecule has 0 spiro atoms. The van der Waals surface area contributed by atoms with E-state index in [2.05, 4.69) is 4.74 Å². The van der Waals surface area contributed by atoms with Crippen LogP contribution >= 0.6 is 0 Å². The molecule has 3 nitrogen and oxygen atoms in total. The molecule has 2 aromatic rings. The summed E-state index contributed by atoms with van der Waals surface area (Å²) in [5, 5.41) is 9.89. The van der Waals surface area contributed by atoms with Crippen LogP contribution in [0.1, 0.15) is 22.0 Å². The number of Topliss-reactive ketones (excluding diaryl/α,β-unsaturated/α-hetero) is 1. The first kappa shape index (κ1) is 15.1. The Balaban J connectivity index is 0.000000550. The van der Waals surface area contributed by atoms with Crippen molar-refractivity contribution in [2.45, 2.75) is 6.10 Å². The van der Waals surface area contributed by atoms with E-state index < -0.39 is 6.10 Å². The van der Waals surface area contributed by atoms with Crippen LogP contribution in [0.25, 0.3) is 0 Å². The fourth-order valence-electron chi connectivity index (χ4n) is 1.55. The van der Waals surface area contributed by atoms with Crippen LogP contribution in [-0.4, -0.2) is 25.1 Å². The molecule has 3 heteroatoms. The predicted molar refractivity (Wildman–Crippen MR) is 75.1 cm³/mol. The smallest absolute Gasteiger partial charge is 0.195 e. The number of carbonyl (C=O) groups is 1. The van der Waals surface area contributed by atoms with Gasteiger partial charge in [0.15, 0.2) is 5.78 Å². The molecule has 0 aromatic heterocycles. The van der Waals surface area contributed by atoms with Gasteiger partial charge >= 0.3 is 0 Å². The standard InChI is InChI=1S/C14H12O2.C2H6O/c15-13(11-7-3-1-4-8-11)14(16)12-9-5-2-6-10-12;1-3-2/h1-10,13,15H;1-2H3. The molecule has 0 radical (unpaired) electrons. The highest BCUT2D eigenvalue weighted by molar-refractivity contribution is 5.99. The first-order valence-corrected chi connectivity index (χ1v) is 5.93. The Kier molecular flexibility index (Phi) is 6.50. The van der Waals surface area contributed by atoms with Crippen molar-refractivity contribution in [2.24, 2.45) is 0 Å². The molecule has 2 aromatic carbocycles. The maximum atomic E-state index is 11.9. The summed E-state index contributed by atoms with van der Waals surface area (Å²) in [4.78, 5) is 11.9. The number of aliphatic hydroxyl groups excluding tert-OH is 1. The fraction of sp³-hybridized carbons (Fsp3) is 0.188. The maximum absolute atomic E-state index is 11.9. The monoisotopic (exact) mass is 258 g/mol. The van der Waals surface area contributed by atoms with E-state index >= 15 is 0 Å². The summed E-state index contributed by atoms with van der Waals surface area (Å²) in [6.07, 6.45) is -1.08. The van der Waals surface area contributed by atoms with Gasteiger partial charge in [-0.3, -0.25) is 4.79 Å². The molecule has 1 atom stereocenters. The summed E-state index contributed by atoms with van der Waals surface area (Å²) in [5.41, 5.74) is 1.15. The average molecular weight is 258 g/mol. The summed E-state index contributed by atoms with van der Waals surface area (Å²) >= 11 is 0. The third-order valence-corrected chi connectivity index (χ3v) is 2.42. The molecular formula is C16H18O3. The van der Waals surface area contributed by atoms with Crippen molar-refractivity contribution in [1.82, 2.24) is 0 Å². The molecule has 19 heavy (non-hydrogen) atoms. The largest absolute Gasteiger partial charge is 0.388 e. The second-order valence-corrected chi connectivity index (χ2v) is 3.95. The Morgan fingerprint density at radius 1 is 0.947 bits per heavy atom. The van der Waals surface area contributed by atoms with E-state index in [0.29, 0.717) is 11.1 Å². The number of ether oxygens (including phenoxy) is 1. The Labute approximate surface area is 113 Å². The highest BCUT2D eigenvalue weighted by atomic mass is 16.4. The minimum Gasteiger partial charge on any atom is -0.388 e. The van der Waals surface area contributed by atoms with Crippen LogP contribution in [0.5, 0.6) is 0 Å². The zero-order valence-corrected chi connectivity index (χ0v) is 11.1. The lowest BCUT2D eigenvalue weighted by molar-refractivity contribution is 0.0747. The molecule has 1 N–H and O–H groups in total. The predicted octanol–water partition coefficient (Wildman–Crippen LogP) is 2.87. The molecule has 0 aliphatic heterocycles. The summed E-state index contributed by atoms with van der Waals surface area (Å²) in [5.74, 6) is -0.271. The number of carbonyl (C=O) groups excluding carboxylic acids is 1. The number of hydrogen-bond acceptors (Lipinski definition) is 3. The molecule has 0 fully saturated rings. The van der Waals surface area contributed by atoms with Crippen LogP contribution in [-0.2, 0) is 4.74 Å². The molecule has 0 saturated heterocycles. The Morgan fingerprint density at radius 2 is 1.37 bits per heavy atom. The summed E-state index contributed by atoms with van der Waals surface area (Å²) in [7, 11) is 3.25. The first-order valence-electron chi connectivity index (χ1n) is 5.93. The minimum atomic E-state index is -1.08. The van der Waals surface area contributed by atoms with Gasteiger partial charge in [0.2, 0.25) is 0 Å². The van der Waals surface area contributed by atoms with E-state index in [4.69, 9.17) is 0 Å². The van der Waals surface area contributed by atoms with E-state index in [1.165, 1.54) is 0 Å². The van der Waals surface area contributed by atoms with Crippen LogP contribution in [0.3, 0.4) is 0 Å². The van der Waals surface area contributed by atoms with E-state index in [0.717, 1.165) is 0 Å². The molecular weight excluding hydrogens is 240 g/mol. The first-order chi connectivity index (χ1) is 9.20. The van der Waals surface area contributed by atoms with Gasteiger partial charge in [-0.05, 0) is 5.56 Å². The van der Waals surface area contributed by atoms with Crippen molar-refractivity contribution in [3.8, 4) is 0 Å². The van der Waals surface area contributed by atoms with Gasteiger partial charge < -0.3 is 9.84 Å². The van der Waals surface area contributed by atoms with E-state index in [1.54, 1.807) is 62.8 Å². The lowest BCUT2D eigenvalue weighted by Gasteiger charge is -2.09. The quantitative estimate of drug-likeness (QED) is 0.861. The van der Waals surface area contributed by atoms with Crippen molar-refractivity contribution >= 4 is 5.78 Å². The number of hydrogen-bond donors (Lipinski definition) is 1. The van der Waals surface area contributed by atoms with Crippen molar-refractivity contribution < 1.29 is 14.6 Å². The van der Waals surface area contributed by atoms with Crippen LogP contribution in [0, 0.1) is 0 Å². The van der Waals surface area contributed by atoms with Crippen molar-refractivity contribution in [3.63, 3.8) is 0 Å². The van der Waals surface area contributed by atoms with Crippen LogP contribution in [0.15, 0.2) is 60.7 Å². The number of methoxy groups -OCH3 is 1. The SMILES string of the molecule is COC.O=C(c1ccccc1)C(O)c1ccccc1. The van der Waals surface area contributed by atoms with Gasteiger partial charge in [-0.1, -0.05) is 60.7 Å². The summed E-state index contributed by atoms with van der Waals surface area (Å²) in [6.45, 7) is 0. The molecule has 100 valence electrons. The van der Waals surface area contributed by atoms with Gasteiger partial charge in [-0.15, -0.1) is 0 Å². The second kappa shape index (κ2) is 8.19. The third kappa shape index (κ3) is 4.66. The highest BCUT2D eigenvalue weighted by Crippen LogP contribution is 2.17. The Hall–Kier alpha value is -1.97. The van der Waals surface area contributed by atoms with Crippen LogP contribution in [0.2, 0.25) is 0 Å². The lowest BCUT2D eigenvalue weighted by Crippen LogP contribution is -2.11. The normalized spacial score (nSPS) is 11.1. The lowest BCUT2D eigenvalue weighted by atomic mass is 10.0. The molecule has 0 aliphatic rings. The molecule has 1 unspecified atom stereocenters. The third-order valence-electron chi connectivity index (χ3n) is 2.42. The van der Waals surface area contributed by atoms with Crippen molar-refractivity contribution in [1.29, 1.82) is 0 Å². The molecule has 0 saturated carbocycles. The average Bonchev–Trinajstić information content (AvgIpc) is 2.48. The number of benzene rings is 2. The van der Waals surface area contributed by atoms with Gasteiger partial charge in [0.05, 0.1) is 0 Å². The summed E-state index contributed by atoms with van der Waals surface area (Å²) < 4.78 is 4.25. The Morgan fingerprint density at radius 3 is 1.84 bits per heavy atom. The number of ketones is 1. The molecule has 2 rings (SSSR count). The summed E-state index contributed by atoms with van der Waals surface area (Å²) in [6, 6.07) is 17.7. The van der Waals surface area contributed by atoms with Gasteiger partial charge in [-0.2, -0.15) is 0 Å². The fourth-order valence-corrected chi connectivity index (χ4v) is 1.55. The molecule has 0 heterocycles. The van der Waals surface area contributed by atoms with Gasteiger partial charge in [0, 0.05) is 19.8 Å². The van der Waals surface area contributed by atoms with E-state index in [-0.39, 0.29) is 5.78 Å². The molecule has 0 amide bonds. The number of rotatable bonds is 3. The zero-order valence-electron chi connectivity index (χ0n) is 11.1. The minimum absolute atomic E-state index is 0.271. The molecule has 0 aliphatic carbocycles. The maximum Gasteiger partial charge on any atom is 0.195 e. The van der Waals surface area contributed by atoms with E-state index in [9.17, 15) is 9.90 Å². The second-order valence-electron chi connectivity index (χ2n) is 3.95. The van der Waals surface area contributed by atoms with Crippen LogP contribution < -0.4 is 0 Å². The van der Waals surface area contributed by atoms with Gasteiger partial charge in [-0.25, -0.2) is 0 Å². The van der Waals surface area contributed by atoms with Crippen LogP contribution in [0.4, 0.5) is 0 Å². The van der Waals surface area contributed by atoms with Gasteiger partial charge in [0.25, 0.3) is 0 Å². The topological polar surface area (TPSA) is 46.5 Å². The van der Waals surface area contributed by atoms with Crippen molar-refractivity contribution in [2.75, 3.05) is 14.2 Å². The van der Waals surface area contributed by atoms with E-state index in [1.807, 2.05) is 12.1 Å². The highest BCUT2D eigenvalue weighted by Gasteiger charge is 2.18. The number of aliphatic hydroxyl groups is 1.